The van der Waals surface area contributed by atoms with Gasteiger partial charge in [0.15, 0.2) is 5.13 Å². The van der Waals surface area contributed by atoms with Crippen LogP contribution >= 0.6 is 11.3 Å². The van der Waals surface area contributed by atoms with Gasteiger partial charge >= 0.3 is 0 Å². The highest BCUT2D eigenvalue weighted by Crippen LogP contribution is 2.27. The third kappa shape index (κ3) is 5.07. The van der Waals surface area contributed by atoms with Crippen molar-refractivity contribution < 1.29 is 9.53 Å². The SMILES string of the molecule is Cc1ccc2nc(NC(=O)CCCOc3ccc(C(C)C)c(C)c3)sc2c1. The molecule has 1 heterocycles. The quantitative estimate of drug-likeness (QED) is 0.523. The zero-order valence-corrected chi connectivity index (χ0v) is 17.2. The van der Waals surface area contributed by atoms with Crippen molar-refractivity contribution >= 4 is 32.6 Å². The van der Waals surface area contributed by atoms with Gasteiger partial charge in [-0.1, -0.05) is 37.3 Å². The normalized spacial score (nSPS) is 11.1. The van der Waals surface area contributed by atoms with Gasteiger partial charge in [0.1, 0.15) is 5.75 Å². The van der Waals surface area contributed by atoms with Crippen molar-refractivity contribution in [2.75, 3.05) is 11.9 Å². The van der Waals surface area contributed by atoms with Crippen molar-refractivity contribution in [1.29, 1.82) is 0 Å². The maximum absolute atomic E-state index is 12.1. The first kappa shape index (κ1) is 19.4. The van der Waals surface area contributed by atoms with E-state index in [2.05, 4.69) is 56.2 Å². The molecule has 1 amide bonds. The predicted molar refractivity (Wildman–Crippen MR) is 113 cm³/mol. The molecule has 3 aromatic rings. The van der Waals surface area contributed by atoms with Gasteiger partial charge in [-0.15, -0.1) is 0 Å². The Labute approximate surface area is 164 Å². The summed E-state index contributed by atoms with van der Waals surface area (Å²) in [5.41, 5.74) is 4.70. The zero-order valence-electron chi connectivity index (χ0n) is 16.3. The van der Waals surface area contributed by atoms with Crippen LogP contribution in [-0.4, -0.2) is 17.5 Å². The first-order chi connectivity index (χ1) is 12.9. The van der Waals surface area contributed by atoms with Gasteiger partial charge in [-0.2, -0.15) is 0 Å². The average Bonchev–Trinajstić information content (AvgIpc) is 2.99. The highest BCUT2D eigenvalue weighted by molar-refractivity contribution is 7.22. The van der Waals surface area contributed by atoms with Crippen LogP contribution in [0, 0.1) is 13.8 Å². The summed E-state index contributed by atoms with van der Waals surface area (Å²) in [5.74, 6) is 1.34. The number of benzene rings is 2. The van der Waals surface area contributed by atoms with Crippen LogP contribution in [0.5, 0.6) is 5.75 Å². The number of hydrogen-bond donors (Lipinski definition) is 1. The van der Waals surface area contributed by atoms with Gasteiger partial charge in [-0.3, -0.25) is 4.79 Å². The zero-order chi connectivity index (χ0) is 19.4. The van der Waals surface area contributed by atoms with Crippen LogP contribution in [0.3, 0.4) is 0 Å². The van der Waals surface area contributed by atoms with Gasteiger partial charge in [0.2, 0.25) is 5.91 Å². The number of aromatic nitrogens is 1. The second-order valence-electron chi connectivity index (χ2n) is 7.16. The maximum Gasteiger partial charge on any atom is 0.226 e. The summed E-state index contributed by atoms with van der Waals surface area (Å²) in [4.78, 5) is 16.6. The molecule has 3 rings (SSSR count). The van der Waals surface area contributed by atoms with Crippen molar-refractivity contribution in [3.63, 3.8) is 0 Å². The van der Waals surface area contributed by atoms with E-state index in [1.807, 2.05) is 18.2 Å². The molecular weight excluding hydrogens is 356 g/mol. The Morgan fingerprint density at radius 2 is 2.00 bits per heavy atom. The molecule has 142 valence electrons. The second-order valence-corrected chi connectivity index (χ2v) is 8.19. The first-order valence-corrected chi connectivity index (χ1v) is 10.1. The van der Waals surface area contributed by atoms with Crippen LogP contribution < -0.4 is 10.1 Å². The number of hydrogen-bond acceptors (Lipinski definition) is 4. The van der Waals surface area contributed by atoms with Crippen molar-refractivity contribution in [1.82, 2.24) is 4.98 Å². The van der Waals surface area contributed by atoms with E-state index in [1.54, 1.807) is 0 Å². The third-order valence-corrected chi connectivity index (χ3v) is 5.40. The van der Waals surface area contributed by atoms with E-state index in [4.69, 9.17) is 4.74 Å². The fourth-order valence-electron chi connectivity index (χ4n) is 3.08. The fraction of sp³-hybridized carbons (Fsp3) is 0.364. The number of thiazole rings is 1. The Balaban J connectivity index is 1.46. The molecule has 1 N–H and O–H groups in total. The largest absolute Gasteiger partial charge is 0.494 e. The summed E-state index contributed by atoms with van der Waals surface area (Å²) in [5, 5.41) is 3.55. The Hall–Kier alpha value is -2.40. The molecule has 0 saturated carbocycles. The summed E-state index contributed by atoms with van der Waals surface area (Å²) in [6.07, 6.45) is 1.08. The molecule has 0 aliphatic heterocycles. The third-order valence-electron chi connectivity index (χ3n) is 4.47. The molecule has 5 heteroatoms. The molecule has 0 saturated heterocycles. The molecule has 0 radical (unpaired) electrons. The van der Waals surface area contributed by atoms with Crippen molar-refractivity contribution in [2.45, 2.75) is 46.5 Å². The van der Waals surface area contributed by atoms with Crippen molar-refractivity contribution in [3.05, 3.63) is 53.1 Å². The van der Waals surface area contributed by atoms with Gasteiger partial charge in [0.05, 0.1) is 16.8 Å². The molecular formula is C22H26N2O2S. The minimum Gasteiger partial charge on any atom is -0.494 e. The van der Waals surface area contributed by atoms with Crippen molar-refractivity contribution in [2.24, 2.45) is 0 Å². The van der Waals surface area contributed by atoms with E-state index in [9.17, 15) is 4.79 Å². The van der Waals surface area contributed by atoms with E-state index in [0.29, 0.717) is 30.5 Å². The average molecular weight is 383 g/mol. The lowest BCUT2D eigenvalue weighted by Gasteiger charge is -2.12. The number of rotatable bonds is 7. The second kappa shape index (κ2) is 8.53. The van der Waals surface area contributed by atoms with E-state index in [0.717, 1.165) is 16.0 Å². The topological polar surface area (TPSA) is 51.2 Å². The van der Waals surface area contributed by atoms with Gasteiger partial charge < -0.3 is 10.1 Å². The monoisotopic (exact) mass is 382 g/mol. The highest BCUT2D eigenvalue weighted by atomic mass is 32.1. The molecule has 0 aliphatic rings. The van der Waals surface area contributed by atoms with Gasteiger partial charge in [0, 0.05) is 6.42 Å². The lowest BCUT2D eigenvalue weighted by molar-refractivity contribution is -0.116. The first-order valence-electron chi connectivity index (χ1n) is 9.33. The number of anilines is 1. The summed E-state index contributed by atoms with van der Waals surface area (Å²) in [7, 11) is 0. The predicted octanol–water partition coefficient (Wildman–Crippen LogP) is 5.83. The molecule has 0 atom stereocenters. The molecule has 1 aromatic heterocycles. The lowest BCUT2D eigenvalue weighted by atomic mass is 9.98. The number of amides is 1. The molecule has 0 fully saturated rings. The van der Waals surface area contributed by atoms with Crippen LogP contribution in [-0.2, 0) is 4.79 Å². The Bertz CT molecular complexity index is 947. The highest BCUT2D eigenvalue weighted by Gasteiger charge is 2.09. The van der Waals surface area contributed by atoms with E-state index in [-0.39, 0.29) is 5.91 Å². The Kier molecular flexibility index (Phi) is 6.11. The summed E-state index contributed by atoms with van der Waals surface area (Å²) in [6, 6.07) is 12.3. The van der Waals surface area contributed by atoms with Crippen LogP contribution in [0.25, 0.3) is 10.2 Å². The number of carbonyl (C=O) groups excluding carboxylic acids is 1. The number of nitrogens with one attached hydrogen (secondary N) is 1. The molecule has 27 heavy (non-hydrogen) atoms. The molecule has 2 aromatic carbocycles. The number of nitrogens with zero attached hydrogens (tertiary/aromatic N) is 1. The Morgan fingerprint density at radius 3 is 2.74 bits per heavy atom. The van der Waals surface area contributed by atoms with Crippen molar-refractivity contribution in [3.8, 4) is 5.75 Å². The standard InChI is InChI=1S/C22H26N2O2S/c1-14(2)18-9-8-17(13-16(18)4)26-11-5-6-21(25)24-22-23-19-10-7-15(3)12-20(19)27-22/h7-10,12-14H,5-6,11H2,1-4H3,(H,23,24,25). The molecule has 0 aliphatic carbocycles. The molecule has 0 unspecified atom stereocenters. The smallest absolute Gasteiger partial charge is 0.226 e. The van der Waals surface area contributed by atoms with E-state index < -0.39 is 0 Å². The number of aryl methyl sites for hydroxylation is 2. The summed E-state index contributed by atoms with van der Waals surface area (Å²) < 4.78 is 6.88. The van der Waals surface area contributed by atoms with Crippen LogP contribution in [0.15, 0.2) is 36.4 Å². The van der Waals surface area contributed by atoms with Gasteiger partial charge in [-0.25, -0.2) is 4.98 Å². The van der Waals surface area contributed by atoms with Crippen LogP contribution in [0.2, 0.25) is 0 Å². The fourth-order valence-corrected chi connectivity index (χ4v) is 4.06. The number of carbonyl (C=O) groups is 1. The summed E-state index contributed by atoms with van der Waals surface area (Å²) >= 11 is 1.51. The van der Waals surface area contributed by atoms with Gasteiger partial charge in [0.25, 0.3) is 0 Å². The maximum atomic E-state index is 12.1. The summed E-state index contributed by atoms with van der Waals surface area (Å²) in [6.45, 7) is 9.06. The minimum atomic E-state index is -0.0271. The van der Waals surface area contributed by atoms with E-state index in [1.165, 1.54) is 28.0 Å². The molecule has 0 bridgehead atoms. The molecule has 0 spiro atoms. The van der Waals surface area contributed by atoms with Crippen LogP contribution in [0.1, 0.15) is 49.3 Å². The van der Waals surface area contributed by atoms with Crippen LogP contribution in [0.4, 0.5) is 5.13 Å². The number of ether oxygens (including phenoxy) is 1. The molecule has 4 nitrogen and oxygen atoms in total. The minimum absolute atomic E-state index is 0.0271. The number of fused-ring (bicyclic) bond motifs is 1. The van der Waals surface area contributed by atoms with Gasteiger partial charge in [-0.05, 0) is 67.1 Å². The lowest BCUT2D eigenvalue weighted by Crippen LogP contribution is -2.12. The van der Waals surface area contributed by atoms with E-state index >= 15 is 0 Å². The Morgan fingerprint density at radius 1 is 1.19 bits per heavy atom.